The maximum atomic E-state index is 12.7. The average Bonchev–Trinajstić information content (AvgIpc) is 2.52. The van der Waals surface area contributed by atoms with Gasteiger partial charge in [-0.1, -0.05) is 63.6 Å². The van der Waals surface area contributed by atoms with E-state index in [-0.39, 0.29) is 11.7 Å². The molecule has 0 heterocycles. The predicted molar refractivity (Wildman–Crippen MR) is 94.2 cm³/mol. The number of hydrogen-bond acceptors (Lipinski definition) is 2. The second-order valence-corrected chi connectivity index (χ2v) is 6.70. The van der Waals surface area contributed by atoms with Crippen molar-refractivity contribution in [2.45, 2.75) is 39.5 Å². The van der Waals surface area contributed by atoms with Gasteiger partial charge in [-0.15, -0.1) is 0 Å². The predicted octanol–water partition coefficient (Wildman–Crippen LogP) is 5.69. The van der Waals surface area contributed by atoms with Crippen molar-refractivity contribution < 1.29 is 4.79 Å². The highest BCUT2D eigenvalue weighted by Crippen LogP contribution is 2.30. The standard InChI is InChI=1S/C20H20ClNO/c1-12(2)14-5-7-15(8-6-14)20(23)16-9-17(11-22)19(13(3)4)18(21)10-16/h5-10,12-13H,1-4H3. The minimum absolute atomic E-state index is 0.117. The van der Waals surface area contributed by atoms with Gasteiger partial charge in [0.1, 0.15) is 0 Å². The number of carbonyl (C=O) groups excluding carboxylic acids is 1. The molecule has 118 valence electrons. The molecule has 23 heavy (non-hydrogen) atoms. The summed E-state index contributed by atoms with van der Waals surface area (Å²) >= 11 is 6.30. The van der Waals surface area contributed by atoms with Gasteiger partial charge < -0.3 is 0 Å². The van der Waals surface area contributed by atoms with E-state index in [1.807, 2.05) is 38.1 Å². The van der Waals surface area contributed by atoms with Crippen LogP contribution in [0.1, 0.15) is 72.1 Å². The molecule has 0 saturated heterocycles. The van der Waals surface area contributed by atoms with Crippen LogP contribution in [0.5, 0.6) is 0 Å². The van der Waals surface area contributed by atoms with Crippen LogP contribution in [0.25, 0.3) is 0 Å². The Morgan fingerprint density at radius 2 is 1.61 bits per heavy atom. The Bertz CT molecular complexity index is 767. The quantitative estimate of drug-likeness (QED) is 0.677. The summed E-state index contributed by atoms with van der Waals surface area (Å²) in [6.07, 6.45) is 0. The fourth-order valence-corrected chi connectivity index (χ4v) is 3.05. The number of benzene rings is 2. The van der Waals surface area contributed by atoms with E-state index >= 15 is 0 Å². The van der Waals surface area contributed by atoms with Crippen LogP contribution in [-0.2, 0) is 0 Å². The van der Waals surface area contributed by atoms with E-state index in [0.717, 1.165) is 5.56 Å². The molecule has 0 N–H and O–H groups in total. The van der Waals surface area contributed by atoms with Crippen molar-refractivity contribution in [1.29, 1.82) is 5.26 Å². The lowest BCUT2D eigenvalue weighted by Crippen LogP contribution is -2.05. The van der Waals surface area contributed by atoms with E-state index in [4.69, 9.17) is 11.6 Å². The lowest BCUT2D eigenvalue weighted by atomic mass is 9.92. The number of nitrogens with zero attached hydrogens (tertiary/aromatic N) is 1. The smallest absolute Gasteiger partial charge is 0.193 e. The van der Waals surface area contributed by atoms with E-state index in [0.29, 0.717) is 27.6 Å². The summed E-state index contributed by atoms with van der Waals surface area (Å²) < 4.78 is 0. The zero-order chi connectivity index (χ0) is 17.1. The van der Waals surface area contributed by atoms with E-state index in [1.165, 1.54) is 5.56 Å². The first-order chi connectivity index (χ1) is 10.8. The molecule has 2 aromatic rings. The van der Waals surface area contributed by atoms with Gasteiger partial charge in [0.25, 0.3) is 0 Å². The van der Waals surface area contributed by atoms with Crippen molar-refractivity contribution in [3.8, 4) is 6.07 Å². The second kappa shape index (κ2) is 6.98. The molecular weight excluding hydrogens is 306 g/mol. The number of carbonyl (C=O) groups is 1. The van der Waals surface area contributed by atoms with Crippen LogP contribution in [-0.4, -0.2) is 5.78 Å². The summed E-state index contributed by atoms with van der Waals surface area (Å²) in [6.45, 7) is 8.18. The van der Waals surface area contributed by atoms with E-state index in [1.54, 1.807) is 12.1 Å². The minimum Gasteiger partial charge on any atom is -0.289 e. The van der Waals surface area contributed by atoms with Crippen molar-refractivity contribution in [1.82, 2.24) is 0 Å². The van der Waals surface area contributed by atoms with Crippen LogP contribution in [0.4, 0.5) is 0 Å². The van der Waals surface area contributed by atoms with Gasteiger partial charge in [0.2, 0.25) is 0 Å². The van der Waals surface area contributed by atoms with Gasteiger partial charge in [-0.3, -0.25) is 4.79 Å². The Balaban J connectivity index is 2.44. The van der Waals surface area contributed by atoms with Gasteiger partial charge in [0.05, 0.1) is 11.6 Å². The highest BCUT2D eigenvalue weighted by Gasteiger charge is 2.17. The molecule has 3 heteroatoms. The second-order valence-electron chi connectivity index (χ2n) is 6.29. The van der Waals surface area contributed by atoms with Crippen LogP contribution < -0.4 is 0 Å². The fourth-order valence-electron chi connectivity index (χ4n) is 2.61. The summed E-state index contributed by atoms with van der Waals surface area (Å²) in [4.78, 5) is 12.7. The molecule has 0 atom stereocenters. The Morgan fingerprint density at radius 1 is 1.00 bits per heavy atom. The first-order valence-electron chi connectivity index (χ1n) is 7.73. The molecule has 0 aliphatic carbocycles. The van der Waals surface area contributed by atoms with Gasteiger partial charge in [0, 0.05) is 16.1 Å². The third-order valence-corrected chi connectivity index (χ3v) is 4.24. The first-order valence-corrected chi connectivity index (χ1v) is 8.11. The molecular formula is C20H20ClNO. The van der Waals surface area contributed by atoms with Gasteiger partial charge in [-0.2, -0.15) is 5.26 Å². The Hall–Kier alpha value is -2.11. The Kier molecular flexibility index (Phi) is 5.23. The van der Waals surface area contributed by atoms with Crippen molar-refractivity contribution in [3.05, 3.63) is 69.2 Å². The summed E-state index contributed by atoms with van der Waals surface area (Å²) in [6, 6.07) is 13.0. The maximum Gasteiger partial charge on any atom is 0.193 e. The summed E-state index contributed by atoms with van der Waals surface area (Å²) in [5.41, 5.74) is 3.50. The van der Waals surface area contributed by atoms with E-state index in [2.05, 4.69) is 19.9 Å². The lowest BCUT2D eigenvalue weighted by Gasteiger charge is -2.12. The molecule has 0 aliphatic heterocycles. The highest BCUT2D eigenvalue weighted by atomic mass is 35.5. The topological polar surface area (TPSA) is 40.9 Å². The van der Waals surface area contributed by atoms with Crippen LogP contribution in [0.2, 0.25) is 5.02 Å². The normalized spacial score (nSPS) is 10.9. The highest BCUT2D eigenvalue weighted by molar-refractivity contribution is 6.32. The minimum atomic E-state index is -0.117. The monoisotopic (exact) mass is 325 g/mol. The molecule has 0 aromatic heterocycles. The van der Waals surface area contributed by atoms with Crippen LogP contribution >= 0.6 is 11.6 Å². The van der Waals surface area contributed by atoms with Crippen LogP contribution in [0.3, 0.4) is 0 Å². The molecule has 0 radical (unpaired) electrons. The number of halogens is 1. The van der Waals surface area contributed by atoms with Crippen molar-refractivity contribution in [3.63, 3.8) is 0 Å². The maximum absolute atomic E-state index is 12.7. The molecule has 2 aromatic carbocycles. The molecule has 0 aliphatic rings. The zero-order valence-corrected chi connectivity index (χ0v) is 14.6. The van der Waals surface area contributed by atoms with Gasteiger partial charge in [0.15, 0.2) is 5.78 Å². The number of rotatable bonds is 4. The number of nitriles is 1. The third kappa shape index (κ3) is 3.63. The molecule has 0 fully saturated rings. The van der Waals surface area contributed by atoms with Crippen molar-refractivity contribution >= 4 is 17.4 Å². The zero-order valence-electron chi connectivity index (χ0n) is 13.9. The molecule has 2 nitrogen and oxygen atoms in total. The Labute approximate surface area is 142 Å². The fraction of sp³-hybridized carbons (Fsp3) is 0.300. The largest absolute Gasteiger partial charge is 0.289 e. The SMILES string of the molecule is CC(C)c1ccc(C(=O)c2cc(Cl)c(C(C)C)c(C#N)c2)cc1. The van der Waals surface area contributed by atoms with Crippen LogP contribution in [0.15, 0.2) is 36.4 Å². The number of ketones is 1. The Morgan fingerprint density at radius 3 is 2.09 bits per heavy atom. The summed E-state index contributed by atoms with van der Waals surface area (Å²) in [7, 11) is 0. The molecule has 0 unspecified atom stereocenters. The van der Waals surface area contributed by atoms with Gasteiger partial charge in [-0.05, 0) is 35.1 Å². The molecule has 2 rings (SSSR count). The third-order valence-electron chi connectivity index (χ3n) is 3.93. The lowest BCUT2D eigenvalue weighted by molar-refractivity contribution is 0.103. The number of hydrogen-bond donors (Lipinski definition) is 0. The van der Waals surface area contributed by atoms with Crippen LogP contribution in [0, 0.1) is 11.3 Å². The summed E-state index contributed by atoms with van der Waals surface area (Å²) in [5.74, 6) is 0.435. The average molecular weight is 326 g/mol. The molecule has 0 saturated carbocycles. The van der Waals surface area contributed by atoms with Crippen molar-refractivity contribution in [2.24, 2.45) is 0 Å². The molecule has 0 bridgehead atoms. The first kappa shape index (κ1) is 17.2. The van der Waals surface area contributed by atoms with Gasteiger partial charge >= 0.3 is 0 Å². The van der Waals surface area contributed by atoms with Gasteiger partial charge in [-0.25, -0.2) is 0 Å². The van der Waals surface area contributed by atoms with Crippen molar-refractivity contribution in [2.75, 3.05) is 0 Å². The molecule has 0 spiro atoms. The van der Waals surface area contributed by atoms with E-state index < -0.39 is 0 Å². The van der Waals surface area contributed by atoms with E-state index in [9.17, 15) is 10.1 Å². The summed E-state index contributed by atoms with van der Waals surface area (Å²) in [5, 5.41) is 9.82. The molecule has 0 amide bonds.